The molecule has 148 valence electrons. The lowest BCUT2D eigenvalue weighted by molar-refractivity contribution is -0.139. The minimum atomic E-state index is -3.31. The first-order valence-corrected chi connectivity index (χ1v) is 11.3. The van der Waals surface area contributed by atoms with E-state index in [1.54, 1.807) is 4.90 Å². The summed E-state index contributed by atoms with van der Waals surface area (Å²) in [6.07, 6.45) is 4.86. The number of carbonyl (C=O) groups excluding carboxylic acids is 1. The molecule has 1 aromatic heterocycles. The zero-order chi connectivity index (χ0) is 19.8. The number of amides is 1. The Morgan fingerprint density at radius 2 is 2.04 bits per heavy atom. The average Bonchev–Trinajstić information content (AvgIpc) is 3.23. The number of aromatic nitrogens is 2. The third kappa shape index (κ3) is 3.87. The number of nitrogens with one attached hydrogen (secondary N) is 1. The van der Waals surface area contributed by atoms with Crippen LogP contribution in [0.4, 0.5) is 0 Å². The smallest absolute Gasteiger partial charge is 0.243 e. The zero-order valence-corrected chi connectivity index (χ0v) is 17.0. The Labute approximate surface area is 160 Å². The molecule has 1 amide bonds. The van der Waals surface area contributed by atoms with E-state index < -0.39 is 15.4 Å². The maximum absolute atomic E-state index is 13.1. The van der Waals surface area contributed by atoms with Crippen LogP contribution in [-0.2, 0) is 34.3 Å². The monoisotopic (exact) mass is 393 g/mol. The molecule has 0 bridgehead atoms. The molecule has 1 N–H and O–H groups in total. The number of sulfonamides is 1. The minimum absolute atomic E-state index is 0.0690. The van der Waals surface area contributed by atoms with Gasteiger partial charge in [-0.1, -0.05) is 12.8 Å². The molecule has 0 saturated heterocycles. The van der Waals surface area contributed by atoms with Gasteiger partial charge in [0.1, 0.15) is 5.41 Å². The van der Waals surface area contributed by atoms with Crippen LogP contribution in [0.25, 0.3) is 0 Å². The molecule has 2 aliphatic rings. The van der Waals surface area contributed by atoms with Gasteiger partial charge < -0.3 is 4.90 Å². The Kier molecular flexibility index (Phi) is 5.32. The Bertz CT molecular complexity index is 876. The van der Waals surface area contributed by atoms with Crippen molar-refractivity contribution in [3.8, 4) is 6.07 Å². The number of fused-ring (bicyclic) bond motifs is 1. The normalized spacial score (nSPS) is 19.1. The zero-order valence-electron chi connectivity index (χ0n) is 16.2. The number of hydrogen-bond acceptors (Lipinski definition) is 5. The molecule has 1 saturated carbocycles. The van der Waals surface area contributed by atoms with E-state index in [1.165, 1.54) is 0 Å². The Balaban J connectivity index is 1.87. The largest absolute Gasteiger partial charge is 0.335 e. The van der Waals surface area contributed by atoms with Crippen molar-refractivity contribution in [2.24, 2.45) is 5.41 Å². The summed E-state index contributed by atoms with van der Waals surface area (Å²) < 4.78 is 27.3. The predicted molar refractivity (Wildman–Crippen MR) is 99.9 cm³/mol. The van der Waals surface area contributed by atoms with Gasteiger partial charge in [-0.2, -0.15) is 10.4 Å². The van der Waals surface area contributed by atoms with Crippen LogP contribution in [0, 0.1) is 16.7 Å². The van der Waals surface area contributed by atoms with E-state index in [1.807, 2.05) is 18.5 Å². The second kappa shape index (κ2) is 7.24. The summed E-state index contributed by atoms with van der Waals surface area (Å²) in [6.45, 7) is 5.12. The molecule has 1 aliphatic carbocycles. The first-order valence-electron chi connectivity index (χ1n) is 9.41. The van der Waals surface area contributed by atoms with Gasteiger partial charge in [0.2, 0.25) is 15.9 Å². The number of carbonyl (C=O) groups is 1. The summed E-state index contributed by atoms with van der Waals surface area (Å²) >= 11 is 0. The fourth-order valence-electron chi connectivity index (χ4n) is 4.12. The van der Waals surface area contributed by atoms with Crippen molar-refractivity contribution in [3.05, 3.63) is 17.0 Å². The van der Waals surface area contributed by atoms with Crippen LogP contribution in [-0.4, -0.2) is 41.8 Å². The Morgan fingerprint density at radius 3 is 2.59 bits per heavy atom. The molecule has 3 rings (SSSR count). The van der Waals surface area contributed by atoms with Crippen molar-refractivity contribution in [2.75, 3.05) is 12.8 Å². The molecular weight excluding hydrogens is 366 g/mol. The van der Waals surface area contributed by atoms with E-state index >= 15 is 0 Å². The first-order chi connectivity index (χ1) is 12.7. The third-order valence-corrected chi connectivity index (χ3v) is 6.20. The van der Waals surface area contributed by atoms with Crippen LogP contribution in [0.3, 0.4) is 0 Å². The van der Waals surface area contributed by atoms with Crippen molar-refractivity contribution >= 4 is 15.9 Å². The van der Waals surface area contributed by atoms with Crippen molar-refractivity contribution in [3.63, 3.8) is 0 Å². The van der Waals surface area contributed by atoms with Gasteiger partial charge in [-0.15, -0.1) is 0 Å². The predicted octanol–water partition coefficient (Wildman–Crippen LogP) is 1.48. The van der Waals surface area contributed by atoms with Gasteiger partial charge in [-0.05, 0) is 33.1 Å². The van der Waals surface area contributed by atoms with Crippen LogP contribution in [0.1, 0.15) is 62.5 Å². The van der Waals surface area contributed by atoms with E-state index in [0.29, 0.717) is 38.0 Å². The molecule has 0 unspecified atom stereocenters. The highest BCUT2D eigenvalue weighted by molar-refractivity contribution is 7.88. The molecule has 27 heavy (non-hydrogen) atoms. The highest BCUT2D eigenvalue weighted by atomic mass is 32.2. The summed E-state index contributed by atoms with van der Waals surface area (Å²) in [5.74, 6) is -0.0690. The van der Waals surface area contributed by atoms with Crippen molar-refractivity contribution in [1.82, 2.24) is 19.4 Å². The van der Waals surface area contributed by atoms with Gasteiger partial charge in [0.05, 0.1) is 36.8 Å². The molecule has 2 heterocycles. The second-order valence-electron chi connectivity index (χ2n) is 7.88. The van der Waals surface area contributed by atoms with E-state index in [9.17, 15) is 18.5 Å². The summed E-state index contributed by atoms with van der Waals surface area (Å²) in [6, 6.07) is 2.38. The maximum atomic E-state index is 13.1. The van der Waals surface area contributed by atoms with Crippen LogP contribution >= 0.6 is 0 Å². The Hall–Kier alpha value is -1.92. The lowest BCUT2D eigenvalue weighted by Gasteiger charge is -2.33. The second-order valence-corrected chi connectivity index (χ2v) is 9.71. The molecule has 1 aromatic rings. The number of rotatable bonds is 5. The van der Waals surface area contributed by atoms with E-state index in [2.05, 4.69) is 15.9 Å². The summed E-state index contributed by atoms with van der Waals surface area (Å²) in [4.78, 5) is 14.9. The molecule has 0 atom stereocenters. The molecule has 0 radical (unpaired) electrons. The fourth-order valence-corrected chi connectivity index (χ4v) is 4.51. The lowest BCUT2D eigenvalue weighted by atomic mass is 9.85. The molecule has 1 fully saturated rings. The van der Waals surface area contributed by atoms with Gasteiger partial charge >= 0.3 is 0 Å². The average molecular weight is 394 g/mol. The van der Waals surface area contributed by atoms with E-state index in [4.69, 9.17) is 0 Å². The quantitative estimate of drug-likeness (QED) is 0.815. The van der Waals surface area contributed by atoms with Crippen LogP contribution < -0.4 is 4.72 Å². The van der Waals surface area contributed by atoms with Gasteiger partial charge in [0, 0.05) is 18.2 Å². The van der Waals surface area contributed by atoms with Crippen molar-refractivity contribution in [2.45, 2.75) is 65.1 Å². The minimum Gasteiger partial charge on any atom is -0.335 e. The standard InChI is InChI=1S/C18H27N5O3S/c1-13(2)23-16-11-22(17(24)18(12-19)7-4-5-8-18)9-6-14(16)15(21-23)10-20-27(3,25)26/h13,20H,4-11H2,1-3H3. The molecule has 0 spiro atoms. The maximum Gasteiger partial charge on any atom is 0.243 e. The Morgan fingerprint density at radius 1 is 1.37 bits per heavy atom. The van der Waals surface area contributed by atoms with Gasteiger partial charge in [-0.25, -0.2) is 13.1 Å². The highest BCUT2D eigenvalue weighted by Gasteiger charge is 2.45. The number of hydrogen-bond donors (Lipinski definition) is 1. The van der Waals surface area contributed by atoms with E-state index in [-0.39, 0.29) is 18.5 Å². The number of nitrogens with zero attached hydrogens (tertiary/aromatic N) is 4. The SMILES string of the molecule is CC(C)n1nc(CNS(C)(=O)=O)c2c1CN(C(=O)C1(C#N)CCCC1)CC2. The van der Waals surface area contributed by atoms with Crippen LogP contribution in [0.5, 0.6) is 0 Å². The van der Waals surface area contributed by atoms with E-state index in [0.717, 1.165) is 30.4 Å². The lowest BCUT2D eigenvalue weighted by Crippen LogP contribution is -2.45. The topological polar surface area (TPSA) is 108 Å². The van der Waals surface area contributed by atoms with Gasteiger partial charge in [0.15, 0.2) is 0 Å². The highest BCUT2D eigenvalue weighted by Crippen LogP contribution is 2.40. The molecular formula is C18H27N5O3S. The molecule has 8 nitrogen and oxygen atoms in total. The van der Waals surface area contributed by atoms with Gasteiger partial charge in [0.25, 0.3) is 0 Å². The summed E-state index contributed by atoms with van der Waals surface area (Å²) in [5, 5.41) is 14.2. The number of nitriles is 1. The van der Waals surface area contributed by atoms with Crippen molar-refractivity contribution in [1.29, 1.82) is 5.26 Å². The first kappa shape index (κ1) is 19.8. The van der Waals surface area contributed by atoms with Crippen LogP contribution in [0.2, 0.25) is 0 Å². The van der Waals surface area contributed by atoms with Crippen LogP contribution in [0.15, 0.2) is 0 Å². The van der Waals surface area contributed by atoms with Crippen molar-refractivity contribution < 1.29 is 13.2 Å². The molecule has 0 aromatic carbocycles. The third-order valence-electron chi connectivity index (χ3n) is 5.53. The fraction of sp³-hybridized carbons (Fsp3) is 0.722. The molecule has 9 heteroatoms. The summed E-state index contributed by atoms with van der Waals surface area (Å²) in [7, 11) is -3.31. The summed E-state index contributed by atoms with van der Waals surface area (Å²) in [5.41, 5.74) is 1.80. The molecule has 1 aliphatic heterocycles. The van der Waals surface area contributed by atoms with Gasteiger partial charge in [-0.3, -0.25) is 9.48 Å².